The van der Waals surface area contributed by atoms with Gasteiger partial charge in [-0.2, -0.15) is 0 Å². The van der Waals surface area contributed by atoms with Crippen LogP contribution in [0.2, 0.25) is 0 Å². The average molecular weight is 343 g/mol. The molecule has 26 heavy (non-hydrogen) atoms. The van der Waals surface area contributed by atoms with E-state index in [0.29, 0.717) is 5.36 Å². The molecule has 0 radical (unpaired) electrons. The lowest BCUT2D eigenvalue weighted by Gasteiger charge is -2.21. The number of nitrogens with two attached hydrogens (primary N) is 2. The molecular weight excluding hydrogens is 322 g/mol. The smallest absolute Gasteiger partial charge is 0.0909 e. The predicted octanol–water partition coefficient (Wildman–Crippen LogP) is 3.70. The highest BCUT2D eigenvalue weighted by atomic mass is 15.0. The van der Waals surface area contributed by atoms with Crippen LogP contribution in [-0.4, -0.2) is 9.55 Å². The Kier molecular flexibility index (Phi) is 3.47. The van der Waals surface area contributed by atoms with Gasteiger partial charge >= 0.3 is 0 Å². The Bertz CT molecular complexity index is 1200. The van der Waals surface area contributed by atoms with Crippen molar-refractivity contribution in [3.63, 3.8) is 0 Å². The Labute approximate surface area is 151 Å². The van der Waals surface area contributed by atoms with Gasteiger partial charge in [0.25, 0.3) is 0 Å². The van der Waals surface area contributed by atoms with Gasteiger partial charge in [-0.25, -0.2) is 4.98 Å². The van der Waals surface area contributed by atoms with Gasteiger partial charge in [0, 0.05) is 17.1 Å². The molecule has 1 aliphatic heterocycles. The molecule has 5 N–H and O–H groups in total. The Hall–Kier alpha value is -3.34. The van der Waals surface area contributed by atoms with E-state index in [9.17, 15) is 0 Å². The van der Waals surface area contributed by atoms with E-state index in [1.165, 1.54) is 0 Å². The number of anilines is 2. The topological polar surface area (TPSA) is 93.7 Å². The van der Waals surface area contributed by atoms with Crippen LogP contribution in [0.5, 0.6) is 0 Å². The second kappa shape index (κ2) is 5.59. The molecule has 5 heteroatoms. The van der Waals surface area contributed by atoms with Crippen LogP contribution in [0, 0.1) is 26.2 Å². The first-order chi connectivity index (χ1) is 12.3. The van der Waals surface area contributed by atoms with E-state index in [1.807, 2.05) is 57.2 Å². The fraction of sp³-hybridized carbons (Fsp3) is 0.143. The number of benzene rings is 3. The molecule has 0 saturated carbocycles. The number of fused-ring (bicyclic) bond motifs is 2. The van der Waals surface area contributed by atoms with Crippen LogP contribution in [0.4, 0.5) is 11.4 Å². The van der Waals surface area contributed by atoms with Crippen LogP contribution < -0.4 is 16.8 Å². The molecule has 2 aliphatic rings. The number of nitrogen functional groups attached to an aromatic ring is 2. The zero-order chi connectivity index (χ0) is 18.6. The number of aryl methyl sites for hydroxylation is 3. The number of nitrogens with zero attached hydrogens (tertiary/aromatic N) is 2. The van der Waals surface area contributed by atoms with Gasteiger partial charge in [0.2, 0.25) is 0 Å². The van der Waals surface area contributed by atoms with Crippen molar-refractivity contribution in [2.75, 3.05) is 11.5 Å². The largest absolute Gasteiger partial charge is 0.399 e. The number of rotatable bonds is 1. The third-order valence-corrected chi connectivity index (χ3v) is 4.87. The highest BCUT2D eigenvalue weighted by molar-refractivity contribution is 5.87. The maximum Gasteiger partial charge on any atom is 0.0909 e. The van der Waals surface area contributed by atoms with Crippen molar-refractivity contribution in [3.8, 4) is 17.1 Å². The van der Waals surface area contributed by atoms with Crippen molar-refractivity contribution >= 4 is 22.4 Å². The van der Waals surface area contributed by atoms with Gasteiger partial charge < -0.3 is 21.4 Å². The van der Waals surface area contributed by atoms with Crippen LogP contribution in [0.3, 0.4) is 0 Å². The molecule has 0 unspecified atom stereocenters. The summed E-state index contributed by atoms with van der Waals surface area (Å²) in [5.74, 6) is 0. The molecule has 0 spiro atoms. The molecule has 1 aliphatic carbocycles. The number of aromatic nitrogens is 2. The molecule has 0 atom stereocenters. The predicted molar refractivity (Wildman–Crippen MR) is 107 cm³/mol. The van der Waals surface area contributed by atoms with Crippen molar-refractivity contribution in [2.45, 2.75) is 20.8 Å². The Balaban J connectivity index is 2.24. The second-order valence-corrected chi connectivity index (χ2v) is 6.85. The normalized spacial score (nSPS) is 11.3. The number of hydrogen-bond donors (Lipinski definition) is 3. The zero-order valence-corrected chi connectivity index (χ0v) is 15.1. The first-order valence-corrected chi connectivity index (χ1v) is 8.49. The minimum atomic E-state index is 0.456. The van der Waals surface area contributed by atoms with E-state index in [1.54, 1.807) is 0 Å². The van der Waals surface area contributed by atoms with Crippen LogP contribution in [0.25, 0.3) is 28.1 Å². The van der Waals surface area contributed by atoms with Gasteiger partial charge in [-0.1, -0.05) is 0 Å². The van der Waals surface area contributed by atoms with E-state index in [0.717, 1.165) is 56.2 Å². The van der Waals surface area contributed by atoms with Crippen molar-refractivity contribution in [1.29, 1.82) is 5.41 Å². The number of nitrogens with one attached hydrogen (secondary N) is 1. The van der Waals surface area contributed by atoms with Crippen molar-refractivity contribution in [2.24, 2.45) is 0 Å². The SMILES string of the molecule is Cc1cc(-n2c3cc(=N)cc(C)c-3nc3cc(C)c(N)cc32)ccc1N. The summed E-state index contributed by atoms with van der Waals surface area (Å²) in [5, 5.41) is 8.61. The Morgan fingerprint density at radius 1 is 0.846 bits per heavy atom. The van der Waals surface area contributed by atoms with E-state index >= 15 is 0 Å². The molecule has 5 nitrogen and oxygen atoms in total. The van der Waals surface area contributed by atoms with E-state index < -0.39 is 0 Å². The summed E-state index contributed by atoms with van der Waals surface area (Å²) in [6.45, 7) is 5.96. The summed E-state index contributed by atoms with van der Waals surface area (Å²) in [5.41, 5.74) is 21.2. The highest BCUT2D eigenvalue weighted by Gasteiger charge is 2.17. The lowest BCUT2D eigenvalue weighted by Crippen LogP contribution is -2.12. The third kappa shape index (κ3) is 2.40. The Morgan fingerprint density at radius 3 is 2.31 bits per heavy atom. The summed E-state index contributed by atoms with van der Waals surface area (Å²) in [6.07, 6.45) is 0. The average Bonchev–Trinajstić information content (AvgIpc) is 2.57. The molecule has 2 aromatic rings. The quantitative estimate of drug-likeness (QED) is 0.363. The molecule has 0 bridgehead atoms. The monoisotopic (exact) mass is 343 g/mol. The molecular formula is C21H21N5. The first kappa shape index (κ1) is 16.1. The summed E-state index contributed by atoms with van der Waals surface area (Å²) in [4.78, 5) is 4.86. The standard InChI is InChI=1S/C21H21N5/c1-11-7-15(4-5-16(11)23)26-19-10-17(24)12(2)8-18(19)25-21-13(3)6-14(22)9-20(21)26/h4-10,22H,23-24H2,1-3H3. The summed E-state index contributed by atoms with van der Waals surface area (Å²) < 4.78 is 2.12. The third-order valence-electron chi connectivity index (χ3n) is 4.87. The van der Waals surface area contributed by atoms with Crippen molar-refractivity contribution in [1.82, 2.24) is 9.55 Å². The van der Waals surface area contributed by atoms with Crippen LogP contribution in [0.1, 0.15) is 16.7 Å². The maximum absolute atomic E-state index is 8.15. The van der Waals surface area contributed by atoms with E-state index in [-0.39, 0.29) is 0 Å². The highest BCUT2D eigenvalue weighted by Crippen LogP contribution is 2.32. The van der Waals surface area contributed by atoms with E-state index in [2.05, 4.69) is 10.6 Å². The van der Waals surface area contributed by atoms with Crippen LogP contribution in [0.15, 0.2) is 42.5 Å². The van der Waals surface area contributed by atoms with Gasteiger partial charge in [0.1, 0.15) is 0 Å². The number of hydrogen-bond acceptors (Lipinski definition) is 4. The van der Waals surface area contributed by atoms with Gasteiger partial charge in [-0.05, 0) is 79.9 Å². The Morgan fingerprint density at radius 2 is 1.58 bits per heavy atom. The maximum atomic E-state index is 8.15. The minimum absolute atomic E-state index is 0.456. The fourth-order valence-electron chi connectivity index (χ4n) is 3.37. The minimum Gasteiger partial charge on any atom is -0.399 e. The molecule has 2 aromatic carbocycles. The van der Waals surface area contributed by atoms with Gasteiger partial charge in [-0.3, -0.25) is 0 Å². The lowest BCUT2D eigenvalue weighted by atomic mass is 10.0. The zero-order valence-electron chi connectivity index (χ0n) is 15.1. The van der Waals surface area contributed by atoms with Gasteiger partial charge in [0.15, 0.2) is 0 Å². The molecule has 0 amide bonds. The summed E-state index contributed by atoms with van der Waals surface area (Å²) in [7, 11) is 0. The van der Waals surface area contributed by atoms with Crippen LogP contribution >= 0.6 is 0 Å². The van der Waals surface area contributed by atoms with Crippen LogP contribution in [-0.2, 0) is 0 Å². The van der Waals surface area contributed by atoms with Crippen molar-refractivity contribution < 1.29 is 0 Å². The molecule has 130 valence electrons. The summed E-state index contributed by atoms with van der Waals surface area (Å²) in [6, 6.07) is 13.6. The molecule has 4 rings (SSSR count). The van der Waals surface area contributed by atoms with Gasteiger partial charge in [-0.15, -0.1) is 0 Å². The second-order valence-electron chi connectivity index (χ2n) is 6.85. The molecule has 0 aromatic heterocycles. The van der Waals surface area contributed by atoms with E-state index in [4.69, 9.17) is 21.9 Å². The molecule has 1 heterocycles. The molecule has 0 fully saturated rings. The van der Waals surface area contributed by atoms with Gasteiger partial charge in [0.05, 0.1) is 27.8 Å². The van der Waals surface area contributed by atoms with Crippen molar-refractivity contribution in [3.05, 3.63) is 64.5 Å². The fourth-order valence-corrected chi connectivity index (χ4v) is 3.37. The molecule has 0 saturated heterocycles. The summed E-state index contributed by atoms with van der Waals surface area (Å²) >= 11 is 0. The first-order valence-electron chi connectivity index (χ1n) is 8.49. The lowest BCUT2D eigenvalue weighted by molar-refractivity contribution is 1.05.